The summed E-state index contributed by atoms with van der Waals surface area (Å²) < 4.78 is 24.9. The first-order chi connectivity index (χ1) is 17.0. The Morgan fingerprint density at radius 3 is 2.40 bits per heavy atom. The van der Waals surface area contributed by atoms with E-state index in [0.717, 1.165) is 11.1 Å². The van der Waals surface area contributed by atoms with Gasteiger partial charge in [0, 0.05) is 28.0 Å². The highest BCUT2D eigenvalue weighted by molar-refractivity contribution is 6.23. The fourth-order valence-electron chi connectivity index (χ4n) is 4.71. The minimum absolute atomic E-state index is 0.129. The third-order valence-corrected chi connectivity index (χ3v) is 6.28. The molecule has 0 radical (unpaired) electrons. The van der Waals surface area contributed by atoms with E-state index in [1.54, 1.807) is 25.1 Å². The van der Waals surface area contributed by atoms with Gasteiger partial charge in [-0.1, -0.05) is 54.6 Å². The van der Waals surface area contributed by atoms with Crippen molar-refractivity contribution in [1.82, 2.24) is 5.32 Å². The van der Waals surface area contributed by atoms with Crippen LogP contribution in [0.4, 0.5) is 4.39 Å². The number of rotatable bonds is 6. The number of dihydropyridines is 1. The smallest absolute Gasteiger partial charge is 0.336 e. The van der Waals surface area contributed by atoms with Crippen LogP contribution in [0.15, 0.2) is 89.6 Å². The van der Waals surface area contributed by atoms with E-state index in [9.17, 15) is 14.0 Å². The summed E-state index contributed by atoms with van der Waals surface area (Å²) in [5.74, 6) is -1.06. The molecular weight excluding hydrogens is 445 g/mol. The summed E-state index contributed by atoms with van der Waals surface area (Å²) in [5, 5.41) is 3.30. The standard InChI is InChI=1S/C29H24FNO4/c1-3-34-29(33)24-17(2)31-27-20-8-4-5-9-21(20)28(32)26(27)25(24)22-10-6-7-11-23(22)35-16-18-12-14-19(30)15-13-18/h4-15,25,31H,3,16H2,1-2H3/t25-/m1/s1. The van der Waals surface area contributed by atoms with Crippen LogP contribution in [0.2, 0.25) is 0 Å². The predicted molar refractivity (Wildman–Crippen MR) is 130 cm³/mol. The molecule has 0 fully saturated rings. The summed E-state index contributed by atoms with van der Waals surface area (Å²) >= 11 is 0. The molecule has 0 saturated heterocycles. The number of para-hydroxylation sites is 1. The lowest BCUT2D eigenvalue weighted by atomic mass is 9.79. The highest BCUT2D eigenvalue weighted by Gasteiger charge is 2.43. The van der Waals surface area contributed by atoms with Gasteiger partial charge in [0.25, 0.3) is 0 Å². The number of carbonyl (C=O) groups excluding carboxylic acids is 2. The zero-order chi connectivity index (χ0) is 24.5. The molecule has 176 valence electrons. The quantitative estimate of drug-likeness (QED) is 0.481. The Labute approximate surface area is 202 Å². The largest absolute Gasteiger partial charge is 0.489 e. The number of carbonyl (C=O) groups is 2. The summed E-state index contributed by atoms with van der Waals surface area (Å²) in [4.78, 5) is 26.8. The van der Waals surface area contributed by atoms with Crippen molar-refractivity contribution in [3.05, 3.63) is 118 Å². The van der Waals surface area contributed by atoms with E-state index >= 15 is 0 Å². The maximum absolute atomic E-state index is 13.6. The fraction of sp³-hybridized carbons (Fsp3) is 0.172. The van der Waals surface area contributed by atoms with E-state index in [4.69, 9.17) is 9.47 Å². The molecule has 5 rings (SSSR count). The number of fused-ring (bicyclic) bond motifs is 2. The number of ether oxygens (including phenoxy) is 2. The summed E-state index contributed by atoms with van der Waals surface area (Å²) in [6.07, 6.45) is 0. The molecule has 2 aliphatic rings. The monoisotopic (exact) mass is 469 g/mol. The van der Waals surface area contributed by atoms with Crippen LogP contribution < -0.4 is 10.1 Å². The Balaban J connectivity index is 1.61. The first-order valence-corrected chi connectivity index (χ1v) is 11.5. The number of allylic oxidation sites excluding steroid dienone is 2. The SMILES string of the molecule is CCOC(=O)C1=C(C)NC2=C(C(=O)c3ccccc32)[C@@H]1c1ccccc1OCc1ccc(F)cc1. The van der Waals surface area contributed by atoms with Gasteiger partial charge in [0.1, 0.15) is 18.2 Å². The lowest BCUT2D eigenvalue weighted by Crippen LogP contribution is -2.29. The Morgan fingerprint density at radius 2 is 1.66 bits per heavy atom. The minimum Gasteiger partial charge on any atom is -0.489 e. The average Bonchev–Trinajstić information content (AvgIpc) is 3.15. The molecule has 1 aliphatic carbocycles. The third kappa shape index (κ3) is 4.01. The van der Waals surface area contributed by atoms with Crippen molar-refractivity contribution >= 4 is 17.4 Å². The molecular formula is C29H24FNO4. The molecule has 1 atom stereocenters. The van der Waals surface area contributed by atoms with Gasteiger partial charge >= 0.3 is 5.97 Å². The molecule has 0 saturated carbocycles. The number of ketones is 1. The third-order valence-electron chi connectivity index (χ3n) is 6.28. The first-order valence-electron chi connectivity index (χ1n) is 11.5. The van der Waals surface area contributed by atoms with Gasteiger partial charge in [-0.25, -0.2) is 9.18 Å². The maximum Gasteiger partial charge on any atom is 0.336 e. The van der Waals surface area contributed by atoms with Crippen molar-refractivity contribution in [2.45, 2.75) is 26.4 Å². The lowest BCUT2D eigenvalue weighted by molar-refractivity contribution is -0.138. The molecule has 0 spiro atoms. The molecule has 3 aromatic carbocycles. The van der Waals surface area contributed by atoms with Gasteiger partial charge in [0.2, 0.25) is 0 Å². The minimum atomic E-state index is -0.672. The van der Waals surface area contributed by atoms with Gasteiger partial charge < -0.3 is 14.8 Å². The summed E-state index contributed by atoms with van der Waals surface area (Å²) in [5.41, 5.74) is 5.10. The number of hydrogen-bond acceptors (Lipinski definition) is 5. The molecule has 3 aromatic rings. The van der Waals surface area contributed by atoms with Gasteiger partial charge in [-0.3, -0.25) is 4.79 Å². The molecule has 1 N–H and O–H groups in total. The molecule has 6 heteroatoms. The van der Waals surface area contributed by atoms with E-state index in [1.165, 1.54) is 12.1 Å². The van der Waals surface area contributed by atoms with Crippen LogP contribution in [0.25, 0.3) is 5.70 Å². The topological polar surface area (TPSA) is 64.6 Å². The number of esters is 1. The van der Waals surface area contributed by atoms with Crippen molar-refractivity contribution < 1.29 is 23.5 Å². The van der Waals surface area contributed by atoms with Crippen LogP contribution in [0, 0.1) is 5.82 Å². The number of halogens is 1. The molecule has 1 heterocycles. The summed E-state index contributed by atoms with van der Waals surface area (Å²) in [6.45, 7) is 3.99. The Bertz CT molecular complexity index is 1390. The fourth-order valence-corrected chi connectivity index (χ4v) is 4.71. The van der Waals surface area contributed by atoms with Crippen molar-refractivity contribution in [1.29, 1.82) is 0 Å². The van der Waals surface area contributed by atoms with Gasteiger partial charge in [0.15, 0.2) is 5.78 Å². The molecule has 5 nitrogen and oxygen atoms in total. The lowest BCUT2D eigenvalue weighted by Gasteiger charge is -2.30. The zero-order valence-electron chi connectivity index (χ0n) is 19.4. The van der Waals surface area contributed by atoms with E-state index in [2.05, 4.69) is 5.32 Å². The van der Waals surface area contributed by atoms with E-state index in [0.29, 0.717) is 39.4 Å². The van der Waals surface area contributed by atoms with Crippen molar-refractivity contribution in [3.63, 3.8) is 0 Å². The predicted octanol–water partition coefficient (Wildman–Crippen LogP) is 5.54. The Morgan fingerprint density at radius 1 is 0.971 bits per heavy atom. The Kier molecular flexibility index (Phi) is 5.95. The van der Waals surface area contributed by atoms with Crippen molar-refractivity contribution in [3.8, 4) is 5.75 Å². The molecule has 0 amide bonds. The second-order valence-electron chi connectivity index (χ2n) is 8.43. The molecule has 0 unspecified atom stereocenters. The van der Waals surface area contributed by atoms with Crippen LogP contribution in [0.1, 0.15) is 46.8 Å². The Hall–Kier alpha value is -4.19. The highest BCUT2D eigenvalue weighted by atomic mass is 19.1. The normalized spacial score (nSPS) is 16.5. The maximum atomic E-state index is 13.6. The molecule has 35 heavy (non-hydrogen) atoms. The van der Waals surface area contributed by atoms with Gasteiger partial charge in [-0.15, -0.1) is 0 Å². The average molecular weight is 470 g/mol. The van der Waals surface area contributed by atoms with Crippen LogP contribution >= 0.6 is 0 Å². The number of hydrogen-bond donors (Lipinski definition) is 1. The molecule has 0 aromatic heterocycles. The second kappa shape index (κ2) is 9.22. The molecule has 0 bridgehead atoms. The van der Waals surface area contributed by atoms with Gasteiger partial charge in [0.05, 0.1) is 23.8 Å². The zero-order valence-corrected chi connectivity index (χ0v) is 19.4. The number of Topliss-reactive ketones (excluding diaryl/α,β-unsaturated/α-hetero) is 1. The first kappa shape index (κ1) is 22.6. The molecule has 1 aliphatic heterocycles. The van der Waals surface area contributed by atoms with Gasteiger partial charge in [-0.2, -0.15) is 0 Å². The van der Waals surface area contributed by atoms with Crippen molar-refractivity contribution in [2.24, 2.45) is 0 Å². The summed E-state index contributed by atoms with van der Waals surface area (Å²) in [7, 11) is 0. The van der Waals surface area contributed by atoms with Crippen LogP contribution in [0.3, 0.4) is 0 Å². The highest BCUT2D eigenvalue weighted by Crippen LogP contribution is 2.48. The number of benzene rings is 3. The number of nitrogens with one attached hydrogen (secondary N) is 1. The van der Waals surface area contributed by atoms with E-state index in [-0.39, 0.29) is 24.8 Å². The van der Waals surface area contributed by atoms with Crippen LogP contribution in [-0.4, -0.2) is 18.4 Å². The van der Waals surface area contributed by atoms with E-state index in [1.807, 2.05) is 49.4 Å². The second-order valence-corrected chi connectivity index (χ2v) is 8.43. The van der Waals surface area contributed by atoms with Crippen LogP contribution in [-0.2, 0) is 16.1 Å². The summed E-state index contributed by atoms with van der Waals surface area (Å²) in [6, 6.07) is 20.9. The van der Waals surface area contributed by atoms with Gasteiger partial charge in [-0.05, 0) is 37.6 Å². The van der Waals surface area contributed by atoms with Crippen LogP contribution in [0.5, 0.6) is 5.75 Å². The van der Waals surface area contributed by atoms with E-state index < -0.39 is 11.9 Å². The van der Waals surface area contributed by atoms with Crippen molar-refractivity contribution in [2.75, 3.05) is 6.61 Å².